The zero-order valence-electron chi connectivity index (χ0n) is 19.6. The van der Waals surface area contributed by atoms with E-state index in [0.717, 1.165) is 50.1 Å². The van der Waals surface area contributed by atoms with Gasteiger partial charge in [0.25, 0.3) is 11.8 Å². The van der Waals surface area contributed by atoms with Gasteiger partial charge < -0.3 is 9.80 Å². The van der Waals surface area contributed by atoms with E-state index in [9.17, 15) is 9.59 Å². The molecule has 0 aromatic heterocycles. The molecule has 1 atom stereocenters. The first-order valence-corrected chi connectivity index (χ1v) is 12.1. The average molecular weight is 454 g/mol. The van der Waals surface area contributed by atoms with Crippen molar-refractivity contribution in [1.82, 2.24) is 14.7 Å². The standard InChI is InChI=1S/C29H31N3O2/c1-30(26-16-17-31(19-26)28(33)24-10-6-3-7-11-24)27-20-32(21-27)29(34)25-14-12-23(13-15-25)18-22-8-4-2-5-9-22/h2-15,26-27H,16-21H2,1H3. The van der Waals surface area contributed by atoms with E-state index in [0.29, 0.717) is 12.1 Å². The van der Waals surface area contributed by atoms with Gasteiger partial charge in [-0.1, -0.05) is 60.7 Å². The van der Waals surface area contributed by atoms with Crippen molar-refractivity contribution in [1.29, 1.82) is 0 Å². The number of carbonyl (C=O) groups is 2. The van der Waals surface area contributed by atoms with Crippen molar-refractivity contribution < 1.29 is 9.59 Å². The number of amides is 2. The number of benzene rings is 3. The molecule has 5 heteroatoms. The summed E-state index contributed by atoms with van der Waals surface area (Å²) in [7, 11) is 2.13. The number of likely N-dealkylation sites (tertiary alicyclic amines) is 2. The second-order valence-electron chi connectivity index (χ2n) is 9.45. The molecule has 0 spiro atoms. The molecule has 0 bridgehead atoms. The Labute approximate surface area is 201 Å². The molecule has 0 saturated carbocycles. The fourth-order valence-electron chi connectivity index (χ4n) is 4.98. The summed E-state index contributed by atoms with van der Waals surface area (Å²) >= 11 is 0. The third-order valence-corrected chi connectivity index (χ3v) is 7.22. The molecular weight excluding hydrogens is 422 g/mol. The van der Waals surface area contributed by atoms with E-state index in [4.69, 9.17) is 0 Å². The van der Waals surface area contributed by atoms with Crippen molar-refractivity contribution >= 4 is 11.8 Å². The summed E-state index contributed by atoms with van der Waals surface area (Å²) in [5, 5.41) is 0. The second-order valence-corrected chi connectivity index (χ2v) is 9.45. The number of rotatable bonds is 6. The Hall–Kier alpha value is -3.44. The van der Waals surface area contributed by atoms with Gasteiger partial charge in [0.15, 0.2) is 0 Å². The normalized spacial score (nSPS) is 18.2. The van der Waals surface area contributed by atoms with E-state index in [1.165, 1.54) is 11.1 Å². The van der Waals surface area contributed by atoms with Gasteiger partial charge in [-0.3, -0.25) is 14.5 Å². The summed E-state index contributed by atoms with van der Waals surface area (Å²) < 4.78 is 0. The smallest absolute Gasteiger partial charge is 0.253 e. The predicted molar refractivity (Wildman–Crippen MR) is 134 cm³/mol. The highest BCUT2D eigenvalue weighted by atomic mass is 16.2. The van der Waals surface area contributed by atoms with Crippen LogP contribution in [0.1, 0.15) is 38.3 Å². The molecule has 34 heavy (non-hydrogen) atoms. The summed E-state index contributed by atoms with van der Waals surface area (Å²) in [6, 6.07) is 28.6. The fraction of sp³-hybridized carbons (Fsp3) is 0.310. The Morgan fingerprint density at radius 1 is 0.706 bits per heavy atom. The van der Waals surface area contributed by atoms with Gasteiger partial charge in [-0.25, -0.2) is 0 Å². The molecule has 2 fully saturated rings. The molecule has 5 rings (SSSR count). The van der Waals surface area contributed by atoms with Gasteiger partial charge >= 0.3 is 0 Å². The Bertz CT molecular complexity index is 1130. The van der Waals surface area contributed by atoms with E-state index in [1.54, 1.807) is 0 Å². The second kappa shape index (κ2) is 9.82. The predicted octanol–water partition coefficient (Wildman–Crippen LogP) is 3.95. The van der Waals surface area contributed by atoms with Crippen LogP contribution in [0.5, 0.6) is 0 Å². The lowest BCUT2D eigenvalue weighted by Crippen LogP contribution is -2.62. The largest absolute Gasteiger partial charge is 0.337 e. The molecule has 2 aliphatic rings. The summed E-state index contributed by atoms with van der Waals surface area (Å²) in [5.74, 6) is 0.209. The molecule has 2 saturated heterocycles. The van der Waals surface area contributed by atoms with Gasteiger partial charge in [-0.15, -0.1) is 0 Å². The zero-order valence-corrected chi connectivity index (χ0v) is 19.6. The highest BCUT2D eigenvalue weighted by Crippen LogP contribution is 2.24. The maximum Gasteiger partial charge on any atom is 0.253 e. The van der Waals surface area contributed by atoms with E-state index in [-0.39, 0.29) is 11.8 Å². The SMILES string of the molecule is CN(C1CCN(C(=O)c2ccccc2)C1)C1CN(C(=O)c2ccc(Cc3ccccc3)cc2)C1. The van der Waals surface area contributed by atoms with Gasteiger partial charge in [0.2, 0.25) is 0 Å². The van der Waals surface area contributed by atoms with E-state index < -0.39 is 0 Å². The summed E-state index contributed by atoms with van der Waals surface area (Å²) in [6.07, 6.45) is 1.85. The number of carbonyl (C=O) groups excluding carboxylic acids is 2. The van der Waals surface area contributed by atoms with Gasteiger partial charge in [-0.05, 0) is 55.3 Å². The van der Waals surface area contributed by atoms with Crippen LogP contribution in [0.3, 0.4) is 0 Å². The maximum atomic E-state index is 12.9. The molecule has 1 unspecified atom stereocenters. The van der Waals surface area contributed by atoms with Crippen molar-refractivity contribution in [3.05, 3.63) is 107 Å². The van der Waals surface area contributed by atoms with Crippen LogP contribution in [0.25, 0.3) is 0 Å². The lowest BCUT2D eigenvalue weighted by Gasteiger charge is -2.46. The number of hydrogen-bond donors (Lipinski definition) is 0. The van der Waals surface area contributed by atoms with Crippen LogP contribution in [0.15, 0.2) is 84.9 Å². The third-order valence-electron chi connectivity index (χ3n) is 7.22. The minimum Gasteiger partial charge on any atom is -0.337 e. The highest BCUT2D eigenvalue weighted by Gasteiger charge is 2.39. The molecule has 2 aliphatic heterocycles. The van der Waals surface area contributed by atoms with Gasteiger partial charge in [0.05, 0.1) is 0 Å². The van der Waals surface area contributed by atoms with Crippen molar-refractivity contribution in [3.8, 4) is 0 Å². The minimum absolute atomic E-state index is 0.100. The quantitative estimate of drug-likeness (QED) is 0.568. The summed E-state index contributed by atoms with van der Waals surface area (Å²) in [6.45, 7) is 3.01. The van der Waals surface area contributed by atoms with Crippen LogP contribution >= 0.6 is 0 Å². The van der Waals surface area contributed by atoms with Crippen molar-refractivity contribution in [2.45, 2.75) is 24.9 Å². The maximum absolute atomic E-state index is 12.9. The first-order valence-electron chi connectivity index (χ1n) is 12.1. The monoisotopic (exact) mass is 453 g/mol. The molecule has 174 valence electrons. The Balaban J connectivity index is 1.11. The molecule has 2 heterocycles. The molecule has 2 amide bonds. The van der Waals surface area contributed by atoms with Gasteiger partial charge in [0.1, 0.15) is 0 Å². The first kappa shape index (κ1) is 22.4. The van der Waals surface area contributed by atoms with Crippen LogP contribution < -0.4 is 0 Å². The van der Waals surface area contributed by atoms with E-state index >= 15 is 0 Å². The minimum atomic E-state index is 0.100. The Morgan fingerprint density at radius 3 is 1.91 bits per heavy atom. The Morgan fingerprint density at radius 2 is 1.24 bits per heavy atom. The topological polar surface area (TPSA) is 43.9 Å². The molecular formula is C29H31N3O2. The highest BCUT2D eigenvalue weighted by molar-refractivity contribution is 5.95. The van der Waals surface area contributed by atoms with E-state index in [1.807, 2.05) is 58.3 Å². The lowest BCUT2D eigenvalue weighted by atomic mass is 10.0. The van der Waals surface area contributed by atoms with Crippen molar-refractivity contribution in [3.63, 3.8) is 0 Å². The van der Waals surface area contributed by atoms with Crippen molar-refractivity contribution in [2.24, 2.45) is 0 Å². The number of nitrogens with zero attached hydrogens (tertiary/aromatic N) is 3. The molecule has 5 nitrogen and oxygen atoms in total. The van der Waals surface area contributed by atoms with E-state index in [2.05, 4.69) is 48.3 Å². The number of likely N-dealkylation sites (N-methyl/N-ethyl adjacent to an activating group) is 1. The van der Waals surface area contributed by atoms with Crippen LogP contribution in [0.2, 0.25) is 0 Å². The lowest BCUT2D eigenvalue weighted by molar-refractivity contribution is 0.0226. The average Bonchev–Trinajstić information content (AvgIpc) is 3.35. The van der Waals surface area contributed by atoms with Gasteiger partial charge in [0, 0.05) is 49.4 Å². The van der Waals surface area contributed by atoms with Crippen LogP contribution in [0, 0.1) is 0 Å². The van der Waals surface area contributed by atoms with Crippen molar-refractivity contribution in [2.75, 3.05) is 33.2 Å². The van der Waals surface area contributed by atoms with Gasteiger partial charge in [-0.2, -0.15) is 0 Å². The Kier molecular flexibility index (Phi) is 6.45. The summed E-state index contributed by atoms with van der Waals surface area (Å²) in [5.41, 5.74) is 3.98. The molecule has 0 N–H and O–H groups in total. The molecule has 0 aliphatic carbocycles. The third kappa shape index (κ3) is 4.75. The van der Waals surface area contributed by atoms with Crippen LogP contribution in [-0.4, -0.2) is 71.8 Å². The number of hydrogen-bond acceptors (Lipinski definition) is 3. The molecule has 0 radical (unpaired) electrons. The molecule has 3 aromatic rings. The first-order chi connectivity index (χ1) is 16.6. The fourth-order valence-corrected chi connectivity index (χ4v) is 4.98. The zero-order chi connectivity index (χ0) is 23.5. The molecule has 3 aromatic carbocycles. The van der Waals surface area contributed by atoms with Crippen LogP contribution in [-0.2, 0) is 6.42 Å². The van der Waals surface area contributed by atoms with Crippen LogP contribution in [0.4, 0.5) is 0 Å². The summed E-state index contributed by atoms with van der Waals surface area (Å²) in [4.78, 5) is 31.9.